The fourth-order valence-electron chi connectivity index (χ4n) is 5.79. The summed E-state index contributed by atoms with van der Waals surface area (Å²) in [5, 5.41) is 0. The van der Waals surface area contributed by atoms with E-state index in [9.17, 15) is 0 Å². The number of imidazole rings is 2. The predicted molar refractivity (Wildman–Crippen MR) is 166 cm³/mol. The monoisotopic (exact) mass is 730 g/mol. The van der Waals surface area contributed by atoms with Crippen LogP contribution >= 0.6 is 0 Å². The van der Waals surface area contributed by atoms with E-state index in [1.165, 1.54) is 39.1 Å². The summed E-state index contributed by atoms with van der Waals surface area (Å²) < 4.78 is 4.48. The first-order valence-corrected chi connectivity index (χ1v) is 14.0. The Balaban J connectivity index is 0.000000166. The molecule has 212 valence electrons. The molecule has 6 aromatic rings. The Bertz CT molecular complexity index is 1860. The topological polar surface area (TPSA) is 39.0 Å². The Morgan fingerprint density at radius 3 is 2.26 bits per heavy atom. The molecule has 0 N–H and O–H groups in total. The fraction of sp³-hybridized carbons (Fsp3) is 0.222. The summed E-state index contributed by atoms with van der Waals surface area (Å²) in [6.07, 6.45) is 3.84. The van der Waals surface area contributed by atoms with Gasteiger partial charge in [0.15, 0.2) is 0 Å². The molecule has 0 spiro atoms. The molecule has 0 saturated heterocycles. The van der Waals surface area contributed by atoms with E-state index >= 15 is 0 Å². The van der Waals surface area contributed by atoms with E-state index in [1.807, 2.05) is 48.8 Å². The first-order chi connectivity index (χ1) is 19.7. The van der Waals surface area contributed by atoms with Gasteiger partial charge in [-0.3, -0.25) is 9.97 Å². The Kier molecular flexibility index (Phi) is 7.98. The molecule has 0 amide bonds. The Labute approximate surface area is 262 Å². The molecule has 1 aliphatic heterocycles. The molecule has 0 atom stereocenters. The molecule has 5 nitrogen and oxygen atoms in total. The molecule has 0 fully saturated rings. The number of aryl methyl sites for hydroxylation is 4. The number of hydrogen-bond acceptors (Lipinski definition) is 2. The van der Waals surface area contributed by atoms with Crippen molar-refractivity contribution in [2.45, 2.75) is 47.2 Å². The van der Waals surface area contributed by atoms with Crippen molar-refractivity contribution in [3.8, 4) is 28.5 Å². The number of rotatable bonds is 2. The molecule has 3 heterocycles. The van der Waals surface area contributed by atoms with Crippen LogP contribution in [0.2, 0.25) is 0 Å². The van der Waals surface area contributed by atoms with Gasteiger partial charge in [-0.2, -0.15) is 0 Å². The van der Waals surface area contributed by atoms with Crippen LogP contribution in [-0.4, -0.2) is 16.6 Å². The van der Waals surface area contributed by atoms with Gasteiger partial charge in [-0.1, -0.05) is 23.8 Å². The van der Waals surface area contributed by atoms with Gasteiger partial charge < -0.3 is 14.0 Å². The van der Waals surface area contributed by atoms with Gasteiger partial charge in [0, 0.05) is 18.1 Å². The summed E-state index contributed by atoms with van der Waals surface area (Å²) in [5.41, 5.74) is 11.6. The Hall–Kier alpha value is -3.99. The molecule has 1 aliphatic rings. The first kappa shape index (κ1) is 29.5. The van der Waals surface area contributed by atoms with Gasteiger partial charge in [0.1, 0.15) is 0 Å². The van der Waals surface area contributed by atoms with Crippen LogP contribution in [0.15, 0.2) is 85.2 Å². The van der Waals surface area contributed by atoms with Crippen molar-refractivity contribution in [1.29, 1.82) is 0 Å². The van der Waals surface area contributed by atoms with Gasteiger partial charge in [0.2, 0.25) is 0 Å². The van der Waals surface area contributed by atoms with Crippen LogP contribution < -0.4 is 14.5 Å². The zero-order valence-electron chi connectivity index (χ0n) is 25.2. The number of para-hydroxylation sites is 1. The molecule has 0 bridgehead atoms. The van der Waals surface area contributed by atoms with Crippen LogP contribution in [0.4, 0.5) is 5.69 Å². The third-order valence-electron chi connectivity index (χ3n) is 8.33. The summed E-state index contributed by atoms with van der Waals surface area (Å²) in [6, 6.07) is 31.5. The summed E-state index contributed by atoms with van der Waals surface area (Å²) in [6.45, 7) is 13.0. The average Bonchev–Trinajstić information content (AvgIpc) is 3.59. The zero-order chi connectivity index (χ0) is 28.9. The van der Waals surface area contributed by atoms with Crippen LogP contribution in [0.5, 0.6) is 0 Å². The molecule has 0 aliphatic carbocycles. The van der Waals surface area contributed by atoms with E-state index in [0.29, 0.717) is 0 Å². The number of fused-ring (bicyclic) bond motifs is 5. The Morgan fingerprint density at radius 2 is 1.55 bits per heavy atom. The van der Waals surface area contributed by atoms with E-state index in [-0.39, 0.29) is 25.8 Å². The van der Waals surface area contributed by atoms with Crippen molar-refractivity contribution >= 4 is 16.7 Å². The van der Waals surface area contributed by atoms with Gasteiger partial charge in [-0.15, -0.1) is 60.2 Å². The van der Waals surface area contributed by atoms with Crippen LogP contribution in [0.3, 0.4) is 0 Å². The normalized spacial score (nSPS) is 13.1. The minimum absolute atomic E-state index is 0. The SMILES string of the molecule is Cc1cc2nc3n(c2cc1C)C(C)(C)N(C)c1ccc[c-]c1-3.Cc1cccc(C)c1-[n+]1cc[n-]c1-c1[c-]cccc1.[Ir+3]. The van der Waals surface area contributed by atoms with Gasteiger partial charge in [0.25, 0.3) is 0 Å². The molecule has 0 saturated carbocycles. The quantitative estimate of drug-likeness (QED) is 0.139. The molecule has 7 rings (SSSR count). The van der Waals surface area contributed by atoms with Gasteiger partial charge >= 0.3 is 20.1 Å². The maximum Gasteiger partial charge on any atom is 3.00 e. The molecule has 4 aromatic carbocycles. The van der Waals surface area contributed by atoms with Crippen LogP contribution in [-0.2, 0) is 25.8 Å². The molecule has 2 aromatic heterocycles. The van der Waals surface area contributed by atoms with E-state index < -0.39 is 0 Å². The molecular weight excluding hydrogens is 695 g/mol. The van der Waals surface area contributed by atoms with Crippen molar-refractivity contribution in [2.24, 2.45) is 0 Å². The summed E-state index contributed by atoms with van der Waals surface area (Å²) in [7, 11) is 2.14. The minimum atomic E-state index is -0.173. The third kappa shape index (κ3) is 4.89. The number of benzene rings is 4. The summed E-state index contributed by atoms with van der Waals surface area (Å²) in [4.78, 5) is 11.7. The van der Waals surface area contributed by atoms with Crippen LogP contribution in [0.1, 0.15) is 36.1 Å². The minimum Gasteiger partial charge on any atom is -0.393 e. The standard InChI is InChI=1S/C19H20N3.C17H15N2.Ir/c1-12-10-15-17(11-13(12)2)22-18(20-15)14-8-6-7-9-16(14)21(5)19(22,3)4;1-13-7-6-8-14(2)16(13)19-12-11-18-17(19)15-9-4-3-5-10-15;/h6-7,9-11H,1-5H3;3-9,11-12H,1-2H3;/q2*-1;+3. The van der Waals surface area contributed by atoms with E-state index in [0.717, 1.165) is 28.3 Å². The smallest absolute Gasteiger partial charge is 0.393 e. The number of aromatic nitrogens is 4. The van der Waals surface area contributed by atoms with Gasteiger partial charge in [0.05, 0.1) is 28.3 Å². The second kappa shape index (κ2) is 11.4. The number of hydrogen-bond donors (Lipinski definition) is 0. The zero-order valence-corrected chi connectivity index (χ0v) is 27.5. The van der Waals surface area contributed by atoms with Crippen molar-refractivity contribution in [2.75, 3.05) is 11.9 Å². The molecule has 0 radical (unpaired) electrons. The van der Waals surface area contributed by atoms with E-state index in [2.05, 4.69) is 116 Å². The van der Waals surface area contributed by atoms with Gasteiger partial charge in [-0.05, 0) is 88.7 Å². The van der Waals surface area contributed by atoms with Crippen molar-refractivity contribution in [3.05, 3.63) is 120 Å². The Morgan fingerprint density at radius 1 is 0.833 bits per heavy atom. The van der Waals surface area contributed by atoms with E-state index in [1.54, 1.807) is 0 Å². The molecule has 0 unspecified atom stereocenters. The maximum atomic E-state index is 4.93. The van der Waals surface area contributed by atoms with Crippen LogP contribution in [0.25, 0.3) is 39.5 Å². The third-order valence-corrected chi connectivity index (χ3v) is 8.33. The van der Waals surface area contributed by atoms with Crippen LogP contribution in [0, 0.1) is 39.8 Å². The predicted octanol–water partition coefficient (Wildman–Crippen LogP) is 7.26. The van der Waals surface area contributed by atoms with Crippen molar-refractivity contribution in [3.63, 3.8) is 0 Å². The maximum absolute atomic E-state index is 4.93. The van der Waals surface area contributed by atoms with Crippen molar-refractivity contribution < 1.29 is 24.7 Å². The summed E-state index contributed by atoms with van der Waals surface area (Å²) in [5.74, 6) is 1.94. The van der Waals surface area contributed by atoms with Crippen molar-refractivity contribution in [1.82, 2.24) is 14.5 Å². The fourth-order valence-corrected chi connectivity index (χ4v) is 5.79. The largest absolute Gasteiger partial charge is 3.00 e. The second-order valence-electron chi connectivity index (χ2n) is 11.3. The summed E-state index contributed by atoms with van der Waals surface area (Å²) >= 11 is 0. The van der Waals surface area contributed by atoms with E-state index in [4.69, 9.17) is 4.98 Å². The molecule has 42 heavy (non-hydrogen) atoms. The second-order valence-corrected chi connectivity index (χ2v) is 11.3. The molecule has 6 heteroatoms. The first-order valence-electron chi connectivity index (χ1n) is 14.0. The number of anilines is 1. The van der Waals surface area contributed by atoms with Gasteiger partial charge in [-0.25, -0.2) is 0 Å². The number of nitrogens with zero attached hydrogens (tertiary/aromatic N) is 5. The molecular formula is C36H35IrN5+. The average molecular weight is 730 g/mol.